The highest BCUT2D eigenvalue weighted by Crippen LogP contribution is 2.35. The molecule has 0 aliphatic carbocycles. The van der Waals surface area contributed by atoms with Gasteiger partial charge >= 0.3 is 6.18 Å². The number of carbonyl (C=O) groups excluding carboxylic acids is 5. The van der Waals surface area contributed by atoms with Gasteiger partial charge < -0.3 is 24.6 Å². The molecular weight excluding hydrogens is 798 g/mol. The Morgan fingerprint density at radius 1 is 0.934 bits per heavy atom. The minimum Gasteiger partial charge on any atom is -0.475 e. The third-order valence-corrected chi connectivity index (χ3v) is 11.4. The van der Waals surface area contributed by atoms with Gasteiger partial charge in [-0.15, -0.1) is 0 Å². The maximum Gasteiger partial charge on any atom is 0.416 e. The number of aryl methyl sites for hydroxylation is 1. The van der Waals surface area contributed by atoms with E-state index in [1.54, 1.807) is 24.4 Å². The highest BCUT2D eigenvalue weighted by Gasteiger charge is 2.45. The van der Waals surface area contributed by atoms with Gasteiger partial charge in [0.05, 0.1) is 41.8 Å². The quantitative estimate of drug-likeness (QED) is 0.215. The number of fused-ring (bicyclic) bond motifs is 1. The number of morpholine rings is 1. The second-order valence-corrected chi connectivity index (χ2v) is 15.4. The van der Waals surface area contributed by atoms with E-state index in [1.165, 1.54) is 18.3 Å². The summed E-state index contributed by atoms with van der Waals surface area (Å²) in [5.41, 5.74) is 3.32. The number of nitrogens with zero attached hydrogens (tertiary/aromatic N) is 6. The molecule has 2 atom stereocenters. The van der Waals surface area contributed by atoms with E-state index in [2.05, 4.69) is 37.2 Å². The lowest BCUT2D eigenvalue weighted by molar-refractivity contribution is -0.138. The van der Waals surface area contributed by atoms with Crippen molar-refractivity contribution in [1.29, 1.82) is 0 Å². The number of ether oxygens (including phenoxy) is 2. The van der Waals surface area contributed by atoms with Crippen LogP contribution in [-0.2, 0) is 20.5 Å². The van der Waals surface area contributed by atoms with Crippen LogP contribution in [0.2, 0.25) is 0 Å². The third kappa shape index (κ3) is 8.63. The van der Waals surface area contributed by atoms with Crippen molar-refractivity contribution < 1.29 is 46.6 Å². The van der Waals surface area contributed by atoms with Crippen LogP contribution < -0.4 is 25.2 Å². The minimum atomic E-state index is -4.59. The molecule has 3 fully saturated rings. The monoisotopic (exact) mass is 840 g/mol. The zero-order valence-corrected chi connectivity index (χ0v) is 33.5. The Morgan fingerprint density at radius 2 is 1.72 bits per heavy atom. The van der Waals surface area contributed by atoms with Gasteiger partial charge in [0.2, 0.25) is 17.7 Å². The van der Waals surface area contributed by atoms with Crippen molar-refractivity contribution in [3.63, 3.8) is 0 Å². The molecule has 5 amide bonds. The molecule has 18 heteroatoms. The number of hydrogen-bond acceptors (Lipinski definition) is 12. The summed E-state index contributed by atoms with van der Waals surface area (Å²) in [4.78, 5) is 80.5. The summed E-state index contributed by atoms with van der Waals surface area (Å²) in [6, 6.07) is 12.1. The maximum atomic E-state index is 13.4. The van der Waals surface area contributed by atoms with Crippen molar-refractivity contribution in [3.05, 3.63) is 94.9 Å². The molecule has 4 aliphatic rings. The number of piperidine rings is 1. The Bertz CT molecular complexity index is 2410. The van der Waals surface area contributed by atoms with Crippen molar-refractivity contribution in [2.45, 2.75) is 44.9 Å². The standard InChI is InChI=1S/C43H43F3N8O7/c1-25-24-51(10-11-53(25)31-6-7-32-34(21-31)42(59)54(41(32)58)35-8-9-37(55)50-39(35)57)12-17-61-40-36(52-13-15-60-16-14-52)19-28(22-48-40)33-20-30(23-47-26(33)2)49-38(56)27-4-3-5-29(18-27)43(44,45)46/h3-7,18-23,25,35H,8-17,24H2,1-2H3,(H,49,56)(H,50,55,57). The number of aromatic nitrogens is 2. The summed E-state index contributed by atoms with van der Waals surface area (Å²) < 4.78 is 51.8. The highest BCUT2D eigenvalue weighted by atomic mass is 19.4. The van der Waals surface area contributed by atoms with Crippen molar-refractivity contribution in [3.8, 4) is 17.0 Å². The van der Waals surface area contributed by atoms with E-state index in [9.17, 15) is 37.1 Å². The number of amides is 5. The fourth-order valence-electron chi connectivity index (χ4n) is 8.19. The van der Waals surface area contributed by atoms with Gasteiger partial charge in [-0.3, -0.25) is 44.1 Å². The minimum absolute atomic E-state index is 0.0500. The van der Waals surface area contributed by atoms with Crippen LogP contribution in [0.25, 0.3) is 11.1 Å². The lowest BCUT2D eigenvalue weighted by Crippen LogP contribution is -2.54. The fourth-order valence-corrected chi connectivity index (χ4v) is 8.19. The van der Waals surface area contributed by atoms with Crippen LogP contribution in [0, 0.1) is 6.92 Å². The van der Waals surface area contributed by atoms with E-state index in [0.29, 0.717) is 87.5 Å². The Hall–Kier alpha value is -6.40. The number of nitrogens with one attached hydrogen (secondary N) is 2. The number of halogens is 3. The van der Waals surface area contributed by atoms with Gasteiger partial charge in [-0.05, 0) is 68.8 Å². The number of carbonyl (C=O) groups is 5. The molecule has 15 nitrogen and oxygen atoms in total. The average molecular weight is 841 g/mol. The maximum absolute atomic E-state index is 13.4. The third-order valence-electron chi connectivity index (χ3n) is 11.4. The number of pyridine rings is 2. The van der Waals surface area contributed by atoms with Crippen LogP contribution in [0.1, 0.15) is 62.1 Å². The van der Waals surface area contributed by atoms with Gasteiger partial charge in [-0.2, -0.15) is 13.2 Å². The molecule has 2 aromatic heterocycles. The number of piperazine rings is 1. The highest BCUT2D eigenvalue weighted by molar-refractivity contribution is 6.23. The van der Waals surface area contributed by atoms with Gasteiger partial charge in [-0.1, -0.05) is 6.07 Å². The zero-order chi connectivity index (χ0) is 43.0. The summed E-state index contributed by atoms with van der Waals surface area (Å²) in [6.07, 6.45) is -1.32. The van der Waals surface area contributed by atoms with E-state index in [-0.39, 0.29) is 35.6 Å². The first-order valence-electron chi connectivity index (χ1n) is 20.0. The SMILES string of the molecule is Cc1ncc(NC(=O)c2cccc(C(F)(F)F)c2)cc1-c1cnc(OCCN2CCN(c3ccc4c(c3)C(=O)N(C3CCC(=O)NC3=O)C4=O)C(C)C2)c(N2CCOCC2)c1. The molecule has 0 spiro atoms. The van der Waals surface area contributed by atoms with E-state index >= 15 is 0 Å². The van der Waals surface area contributed by atoms with Crippen LogP contribution in [0.15, 0.2) is 67.0 Å². The molecule has 318 valence electrons. The van der Waals surface area contributed by atoms with Crippen LogP contribution in [0.4, 0.5) is 30.2 Å². The summed E-state index contributed by atoms with van der Waals surface area (Å²) >= 11 is 0. The summed E-state index contributed by atoms with van der Waals surface area (Å²) in [5, 5.41) is 4.89. The first-order valence-corrected chi connectivity index (χ1v) is 20.0. The summed E-state index contributed by atoms with van der Waals surface area (Å²) in [5.74, 6) is -2.41. The first kappa shape index (κ1) is 41.3. The number of hydrogen-bond donors (Lipinski definition) is 2. The predicted octanol–water partition coefficient (Wildman–Crippen LogP) is 4.55. The molecule has 2 unspecified atom stereocenters. The van der Waals surface area contributed by atoms with Crippen LogP contribution >= 0.6 is 0 Å². The Balaban J connectivity index is 0.916. The fraction of sp³-hybridized carbons (Fsp3) is 0.372. The molecule has 6 heterocycles. The van der Waals surface area contributed by atoms with Crippen LogP contribution in [0.5, 0.6) is 5.88 Å². The van der Waals surface area contributed by atoms with Gasteiger partial charge in [0.1, 0.15) is 18.3 Å². The van der Waals surface area contributed by atoms with Crippen LogP contribution in [0.3, 0.4) is 0 Å². The van der Waals surface area contributed by atoms with Gasteiger partial charge in [0.25, 0.3) is 17.7 Å². The second-order valence-electron chi connectivity index (χ2n) is 15.4. The van der Waals surface area contributed by atoms with Gasteiger partial charge in [0.15, 0.2) is 0 Å². The van der Waals surface area contributed by atoms with E-state index in [0.717, 1.165) is 28.4 Å². The predicted molar refractivity (Wildman–Crippen MR) is 216 cm³/mol. The Morgan fingerprint density at radius 3 is 2.48 bits per heavy atom. The van der Waals surface area contributed by atoms with Crippen molar-refractivity contribution in [2.24, 2.45) is 0 Å². The average Bonchev–Trinajstić information content (AvgIpc) is 3.49. The number of alkyl halides is 3. The lowest BCUT2D eigenvalue weighted by atomic mass is 10.0. The van der Waals surface area contributed by atoms with Crippen LogP contribution in [-0.4, -0.2) is 120 Å². The number of rotatable bonds is 10. The normalized spacial score (nSPS) is 19.9. The van der Waals surface area contributed by atoms with E-state index in [1.807, 2.05) is 19.1 Å². The summed E-state index contributed by atoms with van der Waals surface area (Å²) in [6.45, 7) is 9.19. The molecule has 2 aromatic carbocycles. The van der Waals surface area contributed by atoms with Crippen molar-refractivity contribution in [1.82, 2.24) is 25.1 Å². The number of anilines is 3. The van der Waals surface area contributed by atoms with E-state index < -0.39 is 47.3 Å². The number of benzene rings is 2. The molecule has 2 N–H and O–H groups in total. The first-order chi connectivity index (χ1) is 29.2. The molecule has 0 bridgehead atoms. The molecule has 4 aromatic rings. The smallest absolute Gasteiger partial charge is 0.416 e. The molecule has 8 rings (SSSR count). The van der Waals surface area contributed by atoms with Gasteiger partial charge in [0, 0.05) is 86.0 Å². The molecule has 0 saturated carbocycles. The Labute approximate surface area is 348 Å². The second kappa shape index (κ2) is 16.9. The summed E-state index contributed by atoms with van der Waals surface area (Å²) in [7, 11) is 0. The molecule has 0 radical (unpaired) electrons. The largest absolute Gasteiger partial charge is 0.475 e. The Kier molecular flexibility index (Phi) is 11.5. The van der Waals surface area contributed by atoms with E-state index in [4.69, 9.17) is 14.5 Å². The van der Waals surface area contributed by atoms with Gasteiger partial charge in [-0.25, -0.2) is 4.98 Å². The zero-order valence-electron chi connectivity index (χ0n) is 33.5. The number of imide groups is 2. The molecule has 61 heavy (non-hydrogen) atoms. The molecular formula is C43H43F3N8O7. The van der Waals surface area contributed by atoms with Crippen molar-refractivity contribution in [2.75, 3.05) is 74.2 Å². The van der Waals surface area contributed by atoms with Crippen molar-refractivity contribution >= 4 is 46.6 Å². The molecule has 4 aliphatic heterocycles. The molecule has 3 saturated heterocycles. The topological polar surface area (TPSA) is 167 Å². The lowest BCUT2D eigenvalue weighted by Gasteiger charge is -2.41.